The number of halogens is 1. The van der Waals surface area contributed by atoms with Gasteiger partial charge in [-0.05, 0) is 31.0 Å². The SMILES string of the molecule is CN(C)c1cccc(NS(=O)(=O)CCCCCl)c1. The van der Waals surface area contributed by atoms with Crippen molar-refractivity contribution in [1.29, 1.82) is 0 Å². The first-order valence-corrected chi connectivity index (χ1v) is 7.97. The van der Waals surface area contributed by atoms with E-state index in [2.05, 4.69) is 4.72 Å². The molecule has 1 N–H and O–H groups in total. The lowest BCUT2D eigenvalue weighted by Crippen LogP contribution is -2.17. The average molecular weight is 291 g/mol. The molecule has 1 aromatic rings. The molecule has 0 fully saturated rings. The average Bonchev–Trinajstić information content (AvgIpc) is 2.28. The lowest BCUT2D eigenvalue weighted by atomic mass is 10.3. The summed E-state index contributed by atoms with van der Waals surface area (Å²) in [6.45, 7) is 0. The van der Waals surface area contributed by atoms with Gasteiger partial charge < -0.3 is 4.90 Å². The Hall–Kier alpha value is -0.940. The second kappa shape index (κ2) is 6.85. The van der Waals surface area contributed by atoms with Gasteiger partial charge in [-0.2, -0.15) is 0 Å². The summed E-state index contributed by atoms with van der Waals surface area (Å²) in [6, 6.07) is 7.29. The van der Waals surface area contributed by atoms with Crippen LogP contribution in [0.15, 0.2) is 24.3 Å². The summed E-state index contributed by atoms with van der Waals surface area (Å²) in [5, 5.41) is 0. The highest BCUT2D eigenvalue weighted by Crippen LogP contribution is 2.18. The van der Waals surface area contributed by atoms with Gasteiger partial charge in [0.15, 0.2) is 0 Å². The van der Waals surface area contributed by atoms with Crippen LogP contribution < -0.4 is 9.62 Å². The number of hydrogen-bond acceptors (Lipinski definition) is 3. The first kappa shape index (κ1) is 15.1. The number of hydrogen-bond donors (Lipinski definition) is 1. The Bertz CT molecular complexity index is 475. The zero-order valence-electron chi connectivity index (χ0n) is 10.7. The molecule has 0 spiro atoms. The third-order valence-electron chi connectivity index (χ3n) is 2.43. The Morgan fingerprint density at radius 3 is 2.61 bits per heavy atom. The van der Waals surface area contributed by atoms with Gasteiger partial charge in [0.2, 0.25) is 10.0 Å². The van der Waals surface area contributed by atoms with Crippen molar-refractivity contribution in [2.45, 2.75) is 12.8 Å². The number of sulfonamides is 1. The third kappa shape index (κ3) is 5.14. The number of unbranched alkanes of at least 4 members (excludes halogenated alkanes) is 1. The molecule has 1 rings (SSSR count). The molecule has 0 saturated carbocycles. The molecule has 1 aromatic carbocycles. The van der Waals surface area contributed by atoms with Crippen molar-refractivity contribution in [1.82, 2.24) is 0 Å². The fourth-order valence-corrected chi connectivity index (χ4v) is 2.83. The molecule has 0 aliphatic heterocycles. The second-order valence-corrected chi connectivity index (χ2v) is 6.48. The standard InChI is InChI=1S/C12H19ClN2O2S/c1-15(2)12-7-5-6-11(10-12)14-18(16,17)9-4-3-8-13/h5-7,10,14H,3-4,8-9H2,1-2H3. The van der Waals surface area contributed by atoms with E-state index in [1.807, 2.05) is 31.1 Å². The topological polar surface area (TPSA) is 49.4 Å². The van der Waals surface area contributed by atoms with Crippen molar-refractivity contribution < 1.29 is 8.42 Å². The normalized spacial score (nSPS) is 11.3. The number of anilines is 2. The minimum Gasteiger partial charge on any atom is -0.378 e. The van der Waals surface area contributed by atoms with Crippen LogP contribution in [0.5, 0.6) is 0 Å². The minimum absolute atomic E-state index is 0.103. The van der Waals surface area contributed by atoms with Gasteiger partial charge in [-0.1, -0.05) is 6.07 Å². The largest absolute Gasteiger partial charge is 0.378 e. The van der Waals surface area contributed by atoms with Crippen molar-refractivity contribution in [3.05, 3.63) is 24.3 Å². The predicted octanol–water partition coefficient (Wildman–Crippen LogP) is 2.51. The third-order valence-corrected chi connectivity index (χ3v) is 4.07. The van der Waals surface area contributed by atoms with E-state index in [0.717, 1.165) is 5.69 Å². The van der Waals surface area contributed by atoms with Crippen LogP contribution in [-0.2, 0) is 10.0 Å². The van der Waals surface area contributed by atoms with Gasteiger partial charge in [-0.25, -0.2) is 8.42 Å². The number of alkyl halides is 1. The number of nitrogens with zero attached hydrogens (tertiary/aromatic N) is 1. The van der Waals surface area contributed by atoms with Crippen molar-refractivity contribution in [2.75, 3.05) is 35.4 Å². The fraction of sp³-hybridized carbons (Fsp3) is 0.500. The predicted molar refractivity (Wildman–Crippen MR) is 78.1 cm³/mol. The maximum absolute atomic E-state index is 11.8. The van der Waals surface area contributed by atoms with Crippen LogP contribution in [0, 0.1) is 0 Å². The summed E-state index contributed by atoms with van der Waals surface area (Å²) >= 11 is 5.53. The highest BCUT2D eigenvalue weighted by atomic mass is 35.5. The molecule has 0 saturated heterocycles. The van der Waals surface area contributed by atoms with E-state index >= 15 is 0 Å². The van der Waals surface area contributed by atoms with E-state index in [-0.39, 0.29) is 5.75 Å². The van der Waals surface area contributed by atoms with Crippen molar-refractivity contribution in [3.8, 4) is 0 Å². The fourth-order valence-electron chi connectivity index (χ4n) is 1.46. The lowest BCUT2D eigenvalue weighted by molar-refractivity contribution is 0.598. The lowest BCUT2D eigenvalue weighted by Gasteiger charge is -2.14. The molecule has 18 heavy (non-hydrogen) atoms. The Balaban J connectivity index is 2.69. The molecular weight excluding hydrogens is 272 g/mol. The molecule has 0 aliphatic rings. The van der Waals surface area contributed by atoms with Gasteiger partial charge in [0.05, 0.1) is 11.4 Å². The van der Waals surface area contributed by atoms with E-state index in [0.29, 0.717) is 24.4 Å². The smallest absolute Gasteiger partial charge is 0.232 e. The van der Waals surface area contributed by atoms with Gasteiger partial charge in [0, 0.05) is 25.7 Å². The number of nitrogens with one attached hydrogen (secondary N) is 1. The van der Waals surface area contributed by atoms with Crippen LogP contribution in [0.3, 0.4) is 0 Å². The van der Waals surface area contributed by atoms with E-state index in [9.17, 15) is 8.42 Å². The van der Waals surface area contributed by atoms with E-state index in [4.69, 9.17) is 11.6 Å². The van der Waals surface area contributed by atoms with Gasteiger partial charge >= 0.3 is 0 Å². The summed E-state index contributed by atoms with van der Waals surface area (Å²) in [7, 11) is 0.545. The number of rotatable bonds is 7. The van der Waals surface area contributed by atoms with Crippen molar-refractivity contribution >= 4 is 33.0 Å². The van der Waals surface area contributed by atoms with Gasteiger partial charge in [-0.3, -0.25) is 4.72 Å². The Morgan fingerprint density at radius 2 is 2.00 bits per heavy atom. The highest BCUT2D eigenvalue weighted by molar-refractivity contribution is 7.92. The van der Waals surface area contributed by atoms with Gasteiger partial charge in [-0.15, -0.1) is 11.6 Å². The zero-order valence-corrected chi connectivity index (χ0v) is 12.3. The number of benzene rings is 1. The van der Waals surface area contributed by atoms with Crippen LogP contribution in [0.25, 0.3) is 0 Å². The monoisotopic (exact) mass is 290 g/mol. The summed E-state index contributed by atoms with van der Waals surface area (Å²) in [5.41, 5.74) is 1.54. The Kier molecular flexibility index (Phi) is 5.75. The molecule has 6 heteroatoms. The molecule has 4 nitrogen and oxygen atoms in total. The van der Waals surface area contributed by atoms with Crippen molar-refractivity contribution in [2.24, 2.45) is 0 Å². The highest BCUT2D eigenvalue weighted by Gasteiger charge is 2.10. The summed E-state index contributed by atoms with van der Waals surface area (Å²) in [5.74, 6) is 0.595. The van der Waals surface area contributed by atoms with Gasteiger partial charge in [0.1, 0.15) is 0 Å². The summed E-state index contributed by atoms with van der Waals surface area (Å²) in [6.07, 6.45) is 1.28. The van der Waals surface area contributed by atoms with E-state index in [1.54, 1.807) is 12.1 Å². The zero-order chi connectivity index (χ0) is 13.6. The molecule has 0 aliphatic carbocycles. The van der Waals surface area contributed by atoms with Crippen LogP contribution in [0.4, 0.5) is 11.4 Å². The molecule has 0 bridgehead atoms. The van der Waals surface area contributed by atoms with Crippen LogP contribution in [0.2, 0.25) is 0 Å². The van der Waals surface area contributed by atoms with E-state index < -0.39 is 10.0 Å². The Morgan fingerprint density at radius 1 is 1.28 bits per heavy atom. The molecule has 0 radical (unpaired) electrons. The second-order valence-electron chi connectivity index (χ2n) is 4.26. The van der Waals surface area contributed by atoms with Crippen LogP contribution in [0.1, 0.15) is 12.8 Å². The first-order chi connectivity index (χ1) is 8.44. The molecule has 0 unspecified atom stereocenters. The van der Waals surface area contributed by atoms with Gasteiger partial charge in [0.25, 0.3) is 0 Å². The quantitative estimate of drug-likeness (QED) is 0.620. The van der Waals surface area contributed by atoms with Crippen LogP contribution >= 0.6 is 11.6 Å². The maximum Gasteiger partial charge on any atom is 0.232 e. The van der Waals surface area contributed by atoms with E-state index in [1.165, 1.54) is 0 Å². The van der Waals surface area contributed by atoms with Crippen LogP contribution in [-0.4, -0.2) is 34.1 Å². The molecule has 0 heterocycles. The Labute approximate surface area is 114 Å². The first-order valence-electron chi connectivity index (χ1n) is 5.78. The summed E-state index contributed by atoms with van der Waals surface area (Å²) < 4.78 is 26.2. The molecular formula is C12H19ClN2O2S. The molecule has 0 aromatic heterocycles. The minimum atomic E-state index is -3.28. The molecule has 102 valence electrons. The summed E-state index contributed by atoms with van der Waals surface area (Å²) in [4.78, 5) is 1.92. The van der Waals surface area contributed by atoms with Crippen molar-refractivity contribution in [3.63, 3.8) is 0 Å². The molecule has 0 atom stereocenters. The molecule has 0 amide bonds. The maximum atomic E-state index is 11.8.